The predicted molar refractivity (Wildman–Crippen MR) is 55.0 cm³/mol. The Morgan fingerprint density at radius 2 is 2.31 bits per heavy atom. The summed E-state index contributed by atoms with van der Waals surface area (Å²) >= 11 is 0. The van der Waals surface area contributed by atoms with E-state index in [0.717, 1.165) is 11.3 Å². The Bertz CT molecular complexity index is 284. The molecule has 0 atom stereocenters. The van der Waals surface area contributed by atoms with Gasteiger partial charge in [0.05, 0.1) is 0 Å². The van der Waals surface area contributed by atoms with Crippen molar-refractivity contribution >= 4 is 11.8 Å². The molecule has 0 heterocycles. The smallest absolute Gasteiger partial charge is 0.0491 e. The molecule has 3 heteroatoms. The lowest BCUT2D eigenvalue weighted by Gasteiger charge is -1.99. The van der Waals surface area contributed by atoms with Gasteiger partial charge in [0.25, 0.3) is 0 Å². The minimum atomic E-state index is 0.186. The van der Waals surface area contributed by atoms with Gasteiger partial charge in [-0.25, -0.2) is 0 Å². The standard InChI is InChI=1S/C10H14N2O/c11-12-10-6-3-5-9(8-10)4-1-2-7-13/h1,3-6,8,12-13H,2,7,11H2. The summed E-state index contributed by atoms with van der Waals surface area (Å²) in [6.07, 6.45) is 4.56. The molecule has 0 amide bonds. The third kappa shape index (κ3) is 3.27. The molecule has 1 rings (SSSR count). The molecule has 0 fully saturated rings. The third-order valence-corrected chi connectivity index (χ3v) is 1.66. The molecule has 1 aromatic carbocycles. The van der Waals surface area contributed by atoms with Crippen molar-refractivity contribution in [2.45, 2.75) is 6.42 Å². The summed E-state index contributed by atoms with van der Waals surface area (Å²) in [4.78, 5) is 0. The highest BCUT2D eigenvalue weighted by molar-refractivity contribution is 5.56. The van der Waals surface area contributed by atoms with Crippen LogP contribution in [0.25, 0.3) is 6.08 Å². The molecule has 3 nitrogen and oxygen atoms in total. The van der Waals surface area contributed by atoms with Gasteiger partial charge in [0.2, 0.25) is 0 Å². The Hall–Kier alpha value is -1.32. The number of nitrogens with one attached hydrogen (secondary N) is 1. The van der Waals surface area contributed by atoms with Gasteiger partial charge in [-0.05, 0) is 24.1 Å². The van der Waals surface area contributed by atoms with E-state index in [-0.39, 0.29) is 6.61 Å². The fraction of sp³-hybridized carbons (Fsp3) is 0.200. The van der Waals surface area contributed by atoms with Crippen LogP contribution in [0.1, 0.15) is 12.0 Å². The van der Waals surface area contributed by atoms with Crippen LogP contribution in [0.15, 0.2) is 30.3 Å². The van der Waals surface area contributed by atoms with E-state index in [9.17, 15) is 0 Å². The van der Waals surface area contributed by atoms with Gasteiger partial charge in [0.1, 0.15) is 0 Å². The van der Waals surface area contributed by atoms with E-state index < -0.39 is 0 Å². The summed E-state index contributed by atoms with van der Waals surface area (Å²) in [5, 5.41) is 8.56. The monoisotopic (exact) mass is 178 g/mol. The first-order valence-electron chi connectivity index (χ1n) is 4.21. The maximum atomic E-state index is 8.56. The molecule has 0 aliphatic heterocycles. The summed E-state index contributed by atoms with van der Waals surface area (Å²) in [5.74, 6) is 5.26. The van der Waals surface area contributed by atoms with Gasteiger partial charge in [0, 0.05) is 12.3 Å². The molecule has 0 saturated carbocycles. The van der Waals surface area contributed by atoms with Gasteiger partial charge < -0.3 is 10.5 Å². The number of hydrogen-bond donors (Lipinski definition) is 3. The van der Waals surface area contributed by atoms with Gasteiger partial charge in [-0.1, -0.05) is 24.3 Å². The Morgan fingerprint density at radius 3 is 3.00 bits per heavy atom. The number of nitrogen functional groups attached to an aromatic ring is 1. The van der Waals surface area contributed by atoms with Gasteiger partial charge in [-0.2, -0.15) is 0 Å². The van der Waals surface area contributed by atoms with E-state index in [1.54, 1.807) is 0 Å². The average molecular weight is 178 g/mol. The molecule has 0 spiro atoms. The number of rotatable bonds is 4. The molecule has 0 bridgehead atoms. The fourth-order valence-electron chi connectivity index (χ4n) is 1.03. The maximum Gasteiger partial charge on any atom is 0.0491 e. The van der Waals surface area contributed by atoms with Crippen LogP contribution < -0.4 is 11.3 Å². The van der Waals surface area contributed by atoms with E-state index in [2.05, 4.69) is 5.43 Å². The van der Waals surface area contributed by atoms with E-state index in [1.807, 2.05) is 36.4 Å². The fourth-order valence-corrected chi connectivity index (χ4v) is 1.03. The molecule has 70 valence electrons. The second kappa shape index (κ2) is 5.35. The number of anilines is 1. The van der Waals surface area contributed by atoms with Crippen LogP contribution in [0, 0.1) is 0 Å². The van der Waals surface area contributed by atoms with Gasteiger partial charge in [-0.3, -0.25) is 5.84 Å². The molecular weight excluding hydrogens is 164 g/mol. The van der Waals surface area contributed by atoms with Crippen molar-refractivity contribution in [2.75, 3.05) is 12.0 Å². The van der Waals surface area contributed by atoms with Crippen molar-refractivity contribution in [1.29, 1.82) is 0 Å². The minimum Gasteiger partial charge on any atom is -0.396 e. The molecule has 0 aliphatic rings. The van der Waals surface area contributed by atoms with Gasteiger partial charge >= 0.3 is 0 Å². The topological polar surface area (TPSA) is 58.3 Å². The first-order chi connectivity index (χ1) is 6.36. The second-order valence-electron chi connectivity index (χ2n) is 2.68. The summed E-state index contributed by atoms with van der Waals surface area (Å²) in [5.41, 5.74) is 4.53. The predicted octanol–water partition coefficient (Wildman–Crippen LogP) is 1.37. The van der Waals surface area contributed by atoms with Crippen molar-refractivity contribution in [3.63, 3.8) is 0 Å². The zero-order valence-electron chi connectivity index (χ0n) is 7.40. The summed E-state index contributed by atoms with van der Waals surface area (Å²) in [6.45, 7) is 0.186. The first kappa shape index (κ1) is 9.77. The zero-order chi connectivity index (χ0) is 9.52. The number of aliphatic hydroxyl groups excluding tert-OH is 1. The molecular formula is C10H14N2O. The highest BCUT2D eigenvalue weighted by Gasteiger charge is 1.88. The molecule has 0 saturated heterocycles. The lowest BCUT2D eigenvalue weighted by atomic mass is 10.2. The summed E-state index contributed by atoms with van der Waals surface area (Å²) < 4.78 is 0. The average Bonchev–Trinajstić information content (AvgIpc) is 2.19. The Balaban J connectivity index is 2.66. The summed E-state index contributed by atoms with van der Waals surface area (Å²) in [6, 6.07) is 7.74. The van der Waals surface area contributed by atoms with Gasteiger partial charge in [0.15, 0.2) is 0 Å². The third-order valence-electron chi connectivity index (χ3n) is 1.66. The Kier molecular flexibility index (Phi) is 4.02. The molecule has 0 unspecified atom stereocenters. The van der Waals surface area contributed by atoms with Crippen LogP contribution in [-0.4, -0.2) is 11.7 Å². The van der Waals surface area contributed by atoms with Crippen LogP contribution in [0.4, 0.5) is 5.69 Å². The number of nitrogens with two attached hydrogens (primary N) is 1. The summed E-state index contributed by atoms with van der Waals surface area (Å²) in [7, 11) is 0. The largest absolute Gasteiger partial charge is 0.396 e. The van der Waals surface area contributed by atoms with Crippen LogP contribution in [0.2, 0.25) is 0 Å². The first-order valence-corrected chi connectivity index (χ1v) is 4.21. The van der Waals surface area contributed by atoms with Crippen molar-refractivity contribution < 1.29 is 5.11 Å². The van der Waals surface area contributed by atoms with Crippen molar-refractivity contribution in [3.05, 3.63) is 35.9 Å². The highest BCUT2D eigenvalue weighted by atomic mass is 16.2. The maximum absolute atomic E-state index is 8.56. The molecule has 13 heavy (non-hydrogen) atoms. The minimum absolute atomic E-state index is 0.186. The van der Waals surface area contributed by atoms with Crippen LogP contribution in [-0.2, 0) is 0 Å². The number of hydrazine groups is 1. The van der Waals surface area contributed by atoms with Crippen molar-refractivity contribution in [2.24, 2.45) is 5.84 Å². The van der Waals surface area contributed by atoms with E-state index in [1.165, 1.54) is 0 Å². The SMILES string of the molecule is NNc1cccc(C=CCCO)c1. The van der Waals surface area contributed by atoms with Crippen LogP contribution >= 0.6 is 0 Å². The molecule has 1 aromatic rings. The van der Waals surface area contributed by atoms with Crippen LogP contribution in [0.5, 0.6) is 0 Å². The number of aliphatic hydroxyl groups is 1. The molecule has 0 aliphatic carbocycles. The van der Waals surface area contributed by atoms with E-state index in [4.69, 9.17) is 10.9 Å². The van der Waals surface area contributed by atoms with Gasteiger partial charge in [-0.15, -0.1) is 0 Å². The highest BCUT2D eigenvalue weighted by Crippen LogP contribution is 2.10. The van der Waals surface area contributed by atoms with E-state index >= 15 is 0 Å². The number of hydrogen-bond acceptors (Lipinski definition) is 3. The zero-order valence-corrected chi connectivity index (χ0v) is 7.40. The molecule has 0 radical (unpaired) electrons. The normalized spacial score (nSPS) is 10.6. The van der Waals surface area contributed by atoms with Crippen molar-refractivity contribution in [1.82, 2.24) is 0 Å². The van der Waals surface area contributed by atoms with Crippen molar-refractivity contribution in [3.8, 4) is 0 Å². The van der Waals surface area contributed by atoms with Crippen LogP contribution in [0.3, 0.4) is 0 Å². The number of benzene rings is 1. The Labute approximate surface area is 77.9 Å². The lowest BCUT2D eigenvalue weighted by molar-refractivity contribution is 0.303. The Morgan fingerprint density at radius 1 is 1.46 bits per heavy atom. The molecule has 4 N–H and O–H groups in total. The second-order valence-corrected chi connectivity index (χ2v) is 2.68. The quantitative estimate of drug-likeness (QED) is 0.482. The molecule has 0 aromatic heterocycles. The lowest BCUT2D eigenvalue weighted by Crippen LogP contribution is -2.06. The van der Waals surface area contributed by atoms with E-state index in [0.29, 0.717) is 6.42 Å².